The third-order valence-corrected chi connectivity index (χ3v) is 6.11. The van der Waals surface area contributed by atoms with Crippen molar-refractivity contribution in [3.63, 3.8) is 0 Å². The summed E-state index contributed by atoms with van der Waals surface area (Å²) < 4.78 is 24.5. The van der Waals surface area contributed by atoms with Crippen molar-refractivity contribution in [1.29, 1.82) is 0 Å². The average Bonchev–Trinajstić information content (AvgIpc) is 2.88. The maximum atomic E-state index is 12.3. The van der Waals surface area contributed by atoms with Crippen LogP contribution < -0.4 is 10.2 Å². The van der Waals surface area contributed by atoms with Crippen LogP contribution in [0, 0.1) is 5.92 Å². The Morgan fingerprint density at radius 2 is 2.04 bits per heavy atom. The second kappa shape index (κ2) is 7.92. The van der Waals surface area contributed by atoms with Gasteiger partial charge in [-0.25, -0.2) is 8.42 Å². The third-order valence-electron chi connectivity index (χ3n) is 4.97. The largest absolute Gasteiger partial charge is 0.395 e. The Morgan fingerprint density at radius 1 is 1.29 bits per heavy atom. The minimum absolute atomic E-state index is 0.0662. The highest BCUT2D eigenvalue weighted by Crippen LogP contribution is 2.32. The fraction of sp³-hybridized carbons (Fsp3) is 0.474. The number of anilines is 2. The number of amides is 2. The summed E-state index contributed by atoms with van der Waals surface area (Å²) in [6, 6.07) is 4.82. The molecule has 0 radical (unpaired) electrons. The van der Waals surface area contributed by atoms with Crippen LogP contribution in [0.3, 0.4) is 0 Å². The summed E-state index contributed by atoms with van der Waals surface area (Å²) in [5.41, 5.74) is 1.23. The van der Waals surface area contributed by atoms with Crippen LogP contribution in [-0.4, -0.2) is 62.7 Å². The van der Waals surface area contributed by atoms with Gasteiger partial charge in [-0.2, -0.15) is 0 Å². The van der Waals surface area contributed by atoms with Crippen molar-refractivity contribution < 1.29 is 23.1 Å². The standard InChI is InChI=1S/C19H25N3O5S/c1-13-4-3-7-21(12-13)16-10-14(5-6-17(16)28(2,26)27)20-15-11-18(24)22(8-9-23)19(15)25/h5-6,10-11,13,20,23H,3-4,7-9,12H2,1-2H3. The Morgan fingerprint density at radius 3 is 2.68 bits per heavy atom. The van der Waals surface area contributed by atoms with Crippen LogP contribution in [0.25, 0.3) is 0 Å². The number of nitrogens with zero attached hydrogens (tertiary/aromatic N) is 2. The molecule has 1 aromatic rings. The van der Waals surface area contributed by atoms with E-state index in [1.807, 2.05) is 0 Å². The Balaban J connectivity index is 1.91. The second-order valence-corrected chi connectivity index (χ2v) is 9.33. The normalized spacial score (nSPS) is 20.5. The maximum absolute atomic E-state index is 12.3. The van der Waals surface area contributed by atoms with E-state index in [0.29, 0.717) is 17.3 Å². The molecule has 1 aromatic carbocycles. The van der Waals surface area contributed by atoms with Crippen molar-refractivity contribution in [3.8, 4) is 0 Å². The third kappa shape index (κ3) is 4.20. The lowest BCUT2D eigenvalue weighted by atomic mass is 9.99. The fourth-order valence-electron chi connectivity index (χ4n) is 3.63. The Hall–Kier alpha value is -2.39. The number of hydrogen-bond acceptors (Lipinski definition) is 7. The molecule has 1 fully saturated rings. The number of hydrogen-bond donors (Lipinski definition) is 2. The number of carbonyl (C=O) groups excluding carboxylic acids is 2. The van der Waals surface area contributed by atoms with Crippen molar-refractivity contribution >= 4 is 33.0 Å². The molecule has 3 rings (SSSR count). The van der Waals surface area contributed by atoms with E-state index in [0.717, 1.165) is 30.8 Å². The highest BCUT2D eigenvalue weighted by atomic mass is 32.2. The van der Waals surface area contributed by atoms with E-state index in [2.05, 4.69) is 17.1 Å². The molecule has 2 aliphatic heterocycles. The summed E-state index contributed by atoms with van der Waals surface area (Å²) in [5, 5.41) is 11.9. The van der Waals surface area contributed by atoms with E-state index in [9.17, 15) is 18.0 Å². The van der Waals surface area contributed by atoms with Gasteiger partial charge in [-0.3, -0.25) is 14.5 Å². The van der Waals surface area contributed by atoms with Crippen LogP contribution in [0.15, 0.2) is 34.9 Å². The van der Waals surface area contributed by atoms with Gasteiger partial charge in [-0.15, -0.1) is 0 Å². The zero-order chi connectivity index (χ0) is 20.5. The zero-order valence-electron chi connectivity index (χ0n) is 16.0. The van der Waals surface area contributed by atoms with Crippen molar-refractivity contribution in [3.05, 3.63) is 30.0 Å². The van der Waals surface area contributed by atoms with Crippen LogP contribution in [0.1, 0.15) is 19.8 Å². The minimum Gasteiger partial charge on any atom is -0.395 e. The summed E-state index contributed by atoms with van der Waals surface area (Å²) in [5.74, 6) is -0.541. The molecule has 1 saturated heterocycles. The Labute approximate surface area is 164 Å². The smallest absolute Gasteiger partial charge is 0.277 e. The molecule has 2 amide bonds. The first kappa shape index (κ1) is 20.3. The number of aliphatic hydroxyl groups excluding tert-OH is 1. The lowest BCUT2D eigenvalue weighted by molar-refractivity contribution is -0.137. The van der Waals surface area contributed by atoms with E-state index < -0.39 is 21.7 Å². The molecule has 0 spiro atoms. The van der Waals surface area contributed by atoms with Gasteiger partial charge >= 0.3 is 0 Å². The highest BCUT2D eigenvalue weighted by Gasteiger charge is 2.31. The summed E-state index contributed by atoms with van der Waals surface area (Å²) >= 11 is 0. The molecule has 0 bridgehead atoms. The van der Waals surface area contributed by atoms with Crippen LogP contribution >= 0.6 is 0 Å². The number of aliphatic hydroxyl groups is 1. The Kier molecular flexibility index (Phi) is 5.76. The number of imide groups is 1. The summed E-state index contributed by atoms with van der Waals surface area (Å²) in [6.45, 7) is 3.29. The van der Waals surface area contributed by atoms with Gasteiger partial charge in [0, 0.05) is 31.1 Å². The first-order valence-electron chi connectivity index (χ1n) is 9.25. The molecule has 1 unspecified atom stereocenters. The minimum atomic E-state index is -3.42. The molecule has 152 valence electrons. The average molecular weight is 407 g/mol. The molecule has 0 aliphatic carbocycles. The number of rotatable bonds is 6. The van der Waals surface area contributed by atoms with Crippen molar-refractivity contribution in [2.75, 3.05) is 42.7 Å². The molecule has 0 saturated carbocycles. The first-order chi connectivity index (χ1) is 13.2. The predicted molar refractivity (Wildman–Crippen MR) is 106 cm³/mol. The number of nitrogens with one attached hydrogen (secondary N) is 1. The summed E-state index contributed by atoms with van der Waals surface area (Å²) in [6.07, 6.45) is 4.45. The quantitative estimate of drug-likeness (QED) is 0.677. The van der Waals surface area contributed by atoms with Gasteiger partial charge in [0.1, 0.15) is 5.70 Å². The topological polar surface area (TPSA) is 107 Å². The van der Waals surface area contributed by atoms with Gasteiger partial charge in [0.2, 0.25) is 0 Å². The molecular weight excluding hydrogens is 382 g/mol. The SMILES string of the molecule is CC1CCCN(c2cc(NC3=CC(=O)N(CCO)C3=O)ccc2S(C)(=O)=O)C1. The number of carbonyl (C=O) groups is 2. The molecule has 9 heteroatoms. The predicted octanol–water partition coefficient (Wildman–Crippen LogP) is 0.983. The number of benzene rings is 1. The van der Waals surface area contributed by atoms with Gasteiger partial charge < -0.3 is 15.3 Å². The molecular formula is C19H25N3O5S. The summed E-state index contributed by atoms with van der Waals surface area (Å²) in [7, 11) is -3.42. The lowest BCUT2D eigenvalue weighted by Crippen LogP contribution is -2.35. The number of β-amino-alcohol motifs (C(OH)–C–C–N with tert-alkyl or cyclic N) is 1. The van der Waals surface area contributed by atoms with Crippen LogP contribution in [-0.2, 0) is 19.4 Å². The first-order valence-corrected chi connectivity index (χ1v) is 11.1. The molecule has 8 nitrogen and oxygen atoms in total. The van der Waals surface area contributed by atoms with Crippen LogP contribution in [0.2, 0.25) is 0 Å². The fourth-order valence-corrected chi connectivity index (χ4v) is 4.51. The van der Waals surface area contributed by atoms with Crippen molar-refractivity contribution in [1.82, 2.24) is 4.90 Å². The van der Waals surface area contributed by atoms with Crippen LogP contribution in [0.5, 0.6) is 0 Å². The van der Waals surface area contributed by atoms with Gasteiger partial charge in [-0.05, 0) is 37.0 Å². The molecule has 2 heterocycles. The second-order valence-electron chi connectivity index (χ2n) is 7.35. The van der Waals surface area contributed by atoms with Gasteiger partial charge in [0.05, 0.1) is 23.7 Å². The van der Waals surface area contributed by atoms with E-state index in [1.54, 1.807) is 12.1 Å². The monoisotopic (exact) mass is 407 g/mol. The van der Waals surface area contributed by atoms with E-state index >= 15 is 0 Å². The van der Waals surface area contributed by atoms with Crippen molar-refractivity contribution in [2.24, 2.45) is 5.92 Å². The zero-order valence-corrected chi connectivity index (χ0v) is 16.8. The molecule has 28 heavy (non-hydrogen) atoms. The summed E-state index contributed by atoms with van der Waals surface area (Å²) in [4.78, 5) is 27.5. The van der Waals surface area contributed by atoms with Crippen molar-refractivity contribution in [2.45, 2.75) is 24.7 Å². The van der Waals surface area contributed by atoms with Gasteiger partial charge in [0.25, 0.3) is 11.8 Å². The maximum Gasteiger partial charge on any atom is 0.277 e. The molecule has 2 N–H and O–H groups in total. The van der Waals surface area contributed by atoms with Gasteiger partial charge in [-0.1, -0.05) is 6.92 Å². The van der Waals surface area contributed by atoms with E-state index in [-0.39, 0.29) is 23.7 Å². The van der Waals surface area contributed by atoms with Gasteiger partial charge in [0.15, 0.2) is 9.84 Å². The number of sulfone groups is 1. The lowest BCUT2D eigenvalue weighted by Gasteiger charge is -2.34. The molecule has 0 aromatic heterocycles. The van der Waals surface area contributed by atoms with E-state index in [1.165, 1.54) is 18.4 Å². The van der Waals surface area contributed by atoms with Crippen LogP contribution in [0.4, 0.5) is 11.4 Å². The van der Waals surface area contributed by atoms with E-state index in [4.69, 9.17) is 5.11 Å². The highest BCUT2D eigenvalue weighted by molar-refractivity contribution is 7.90. The molecule has 2 aliphatic rings. The number of piperidine rings is 1. The molecule has 1 atom stereocenters. The Bertz CT molecular complexity index is 925.